The zero-order chi connectivity index (χ0) is 13.8. The Morgan fingerprint density at radius 2 is 2.16 bits per heavy atom. The summed E-state index contributed by atoms with van der Waals surface area (Å²) in [7, 11) is 0. The second kappa shape index (κ2) is 6.23. The molecular formula is C13H19BrN4O. The fourth-order valence-electron chi connectivity index (χ4n) is 2.13. The van der Waals surface area contributed by atoms with Crippen LogP contribution in [0, 0.1) is 6.92 Å². The van der Waals surface area contributed by atoms with E-state index in [0.717, 1.165) is 36.0 Å². The van der Waals surface area contributed by atoms with Crippen LogP contribution in [0.2, 0.25) is 0 Å². The van der Waals surface area contributed by atoms with Crippen molar-refractivity contribution in [3.05, 3.63) is 16.2 Å². The second-order valence-corrected chi connectivity index (χ2v) is 5.59. The normalized spacial score (nSPS) is 15.4. The number of amides is 1. The van der Waals surface area contributed by atoms with Crippen molar-refractivity contribution in [2.75, 3.05) is 30.7 Å². The fourth-order valence-corrected chi connectivity index (χ4v) is 2.60. The Balaban J connectivity index is 1.95. The number of nitrogen functional groups attached to an aromatic ring is 1. The maximum atomic E-state index is 12.0. The van der Waals surface area contributed by atoms with Crippen LogP contribution < -0.4 is 11.1 Å². The van der Waals surface area contributed by atoms with Crippen molar-refractivity contribution in [3.63, 3.8) is 0 Å². The summed E-state index contributed by atoms with van der Waals surface area (Å²) >= 11 is 3.45. The third kappa shape index (κ3) is 3.37. The molecule has 1 amide bonds. The fraction of sp³-hybridized carbons (Fsp3) is 0.538. The molecule has 1 aliphatic rings. The maximum Gasteiger partial charge on any atom is 0.241 e. The number of pyridine rings is 1. The summed E-state index contributed by atoms with van der Waals surface area (Å²) in [5, 5.41) is 3.07. The molecule has 2 heterocycles. The van der Waals surface area contributed by atoms with Crippen LogP contribution >= 0.6 is 15.9 Å². The molecule has 0 atom stereocenters. The van der Waals surface area contributed by atoms with Gasteiger partial charge in [-0.1, -0.05) is 0 Å². The van der Waals surface area contributed by atoms with Crippen molar-refractivity contribution in [1.29, 1.82) is 0 Å². The number of hydrogen-bond donors (Lipinski definition) is 2. The van der Waals surface area contributed by atoms with Gasteiger partial charge in [0.1, 0.15) is 5.82 Å². The zero-order valence-corrected chi connectivity index (χ0v) is 12.7. The number of hydrogen-bond acceptors (Lipinski definition) is 4. The number of nitrogens with one attached hydrogen (secondary N) is 1. The first-order valence-electron chi connectivity index (χ1n) is 6.52. The molecule has 1 fully saturated rings. The summed E-state index contributed by atoms with van der Waals surface area (Å²) in [5.41, 5.74) is 7.34. The van der Waals surface area contributed by atoms with E-state index in [1.165, 1.54) is 6.42 Å². The van der Waals surface area contributed by atoms with E-state index in [1.54, 1.807) is 6.20 Å². The van der Waals surface area contributed by atoms with E-state index in [2.05, 4.69) is 26.2 Å². The molecule has 0 spiro atoms. The van der Waals surface area contributed by atoms with Crippen molar-refractivity contribution >= 4 is 33.3 Å². The maximum absolute atomic E-state index is 12.0. The molecular weight excluding hydrogens is 308 g/mol. The van der Waals surface area contributed by atoms with Crippen LogP contribution in [0.4, 0.5) is 11.5 Å². The minimum atomic E-state index is 0.128. The molecule has 5 nitrogen and oxygen atoms in total. The smallest absolute Gasteiger partial charge is 0.241 e. The summed E-state index contributed by atoms with van der Waals surface area (Å²) < 4.78 is 0.818. The lowest BCUT2D eigenvalue weighted by molar-refractivity contribution is -0.130. The highest BCUT2D eigenvalue weighted by Gasteiger charge is 2.16. The molecule has 2 rings (SSSR count). The van der Waals surface area contributed by atoms with E-state index in [-0.39, 0.29) is 12.5 Å². The van der Waals surface area contributed by atoms with Gasteiger partial charge in [0.2, 0.25) is 5.91 Å². The molecule has 0 aromatic carbocycles. The predicted octanol–water partition coefficient (Wildman–Crippen LogP) is 2.16. The van der Waals surface area contributed by atoms with Crippen molar-refractivity contribution < 1.29 is 4.79 Å². The first kappa shape index (κ1) is 14.1. The van der Waals surface area contributed by atoms with E-state index in [1.807, 2.05) is 11.8 Å². The lowest BCUT2D eigenvalue weighted by Crippen LogP contribution is -2.39. The average Bonchev–Trinajstić information content (AvgIpc) is 2.45. The van der Waals surface area contributed by atoms with E-state index < -0.39 is 0 Å². The Hall–Kier alpha value is -1.30. The van der Waals surface area contributed by atoms with Gasteiger partial charge in [-0.15, -0.1) is 0 Å². The van der Waals surface area contributed by atoms with Crippen molar-refractivity contribution in [3.8, 4) is 0 Å². The third-order valence-electron chi connectivity index (χ3n) is 3.42. The van der Waals surface area contributed by atoms with Crippen LogP contribution in [-0.2, 0) is 4.79 Å². The van der Waals surface area contributed by atoms with Gasteiger partial charge < -0.3 is 16.0 Å². The summed E-state index contributed by atoms with van der Waals surface area (Å²) in [4.78, 5) is 18.1. The number of anilines is 2. The highest BCUT2D eigenvalue weighted by atomic mass is 79.9. The Labute approximate surface area is 121 Å². The summed E-state index contributed by atoms with van der Waals surface area (Å²) in [6, 6.07) is 0. The number of rotatable bonds is 3. The summed E-state index contributed by atoms with van der Waals surface area (Å²) in [6.07, 6.45) is 5.04. The van der Waals surface area contributed by atoms with E-state index in [9.17, 15) is 4.79 Å². The van der Waals surface area contributed by atoms with Gasteiger partial charge in [-0.25, -0.2) is 4.98 Å². The van der Waals surface area contributed by atoms with Crippen molar-refractivity contribution in [2.24, 2.45) is 0 Å². The van der Waals surface area contributed by atoms with Crippen LogP contribution in [0.15, 0.2) is 10.7 Å². The topological polar surface area (TPSA) is 71.2 Å². The van der Waals surface area contributed by atoms with Gasteiger partial charge in [-0.2, -0.15) is 0 Å². The molecule has 0 bridgehead atoms. The molecule has 104 valence electrons. The Bertz CT molecular complexity index is 472. The van der Waals surface area contributed by atoms with Crippen molar-refractivity contribution in [2.45, 2.75) is 26.2 Å². The number of nitrogens with zero attached hydrogens (tertiary/aromatic N) is 2. The summed E-state index contributed by atoms with van der Waals surface area (Å²) in [6.45, 7) is 3.93. The van der Waals surface area contributed by atoms with E-state index in [4.69, 9.17) is 5.73 Å². The van der Waals surface area contributed by atoms with E-state index >= 15 is 0 Å². The molecule has 19 heavy (non-hydrogen) atoms. The molecule has 1 aromatic heterocycles. The van der Waals surface area contributed by atoms with Gasteiger partial charge >= 0.3 is 0 Å². The zero-order valence-electron chi connectivity index (χ0n) is 11.1. The van der Waals surface area contributed by atoms with Crippen LogP contribution in [0.25, 0.3) is 0 Å². The van der Waals surface area contributed by atoms with Gasteiger partial charge in [-0.3, -0.25) is 4.79 Å². The molecule has 6 heteroatoms. The Morgan fingerprint density at radius 3 is 2.84 bits per heavy atom. The minimum absolute atomic E-state index is 0.128. The first-order valence-corrected chi connectivity index (χ1v) is 7.31. The number of aromatic nitrogens is 1. The number of piperidine rings is 1. The SMILES string of the molecule is Cc1c(N)cnc(NCC(=O)N2CCCCC2)c1Br. The van der Waals surface area contributed by atoms with Crippen LogP contribution in [-0.4, -0.2) is 35.4 Å². The van der Waals surface area contributed by atoms with Crippen LogP contribution in [0.1, 0.15) is 24.8 Å². The van der Waals surface area contributed by atoms with E-state index in [0.29, 0.717) is 11.5 Å². The number of likely N-dealkylation sites (tertiary alicyclic amines) is 1. The molecule has 0 unspecified atom stereocenters. The second-order valence-electron chi connectivity index (χ2n) is 4.80. The van der Waals surface area contributed by atoms with Gasteiger partial charge in [0, 0.05) is 13.1 Å². The number of carbonyl (C=O) groups excluding carboxylic acids is 1. The molecule has 3 N–H and O–H groups in total. The van der Waals surface area contributed by atoms with Crippen LogP contribution in [0.5, 0.6) is 0 Å². The van der Waals surface area contributed by atoms with Gasteiger partial charge in [0.15, 0.2) is 0 Å². The van der Waals surface area contributed by atoms with Crippen LogP contribution in [0.3, 0.4) is 0 Å². The standard InChI is InChI=1S/C13H19BrN4O/c1-9-10(15)7-16-13(12(9)14)17-8-11(19)18-5-3-2-4-6-18/h7H,2-6,8,15H2,1H3,(H,16,17). The van der Waals surface area contributed by atoms with Gasteiger partial charge in [0.05, 0.1) is 22.9 Å². The molecule has 0 saturated carbocycles. The number of carbonyl (C=O) groups is 1. The molecule has 1 aromatic rings. The summed E-state index contributed by atoms with van der Waals surface area (Å²) in [5.74, 6) is 0.792. The Morgan fingerprint density at radius 1 is 1.47 bits per heavy atom. The van der Waals surface area contributed by atoms with Gasteiger partial charge in [0.25, 0.3) is 0 Å². The first-order chi connectivity index (χ1) is 9.09. The lowest BCUT2D eigenvalue weighted by Gasteiger charge is -2.26. The highest BCUT2D eigenvalue weighted by molar-refractivity contribution is 9.10. The molecule has 1 aliphatic heterocycles. The van der Waals surface area contributed by atoms with Gasteiger partial charge in [-0.05, 0) is 47.7 Å². The largest absolute Gasteiger partial charge is 0.397 e. The lowest BCUT2D eigenvalue weighted by atomic mass is 10.1. The number of halogens is 1. The Kier molecular flexibility index (Phi) is 4.63. The quantitative estimate of drug-likeness (QED) is 0.892. The monoisotopic (exact) mass is 326 g/mol. The number of nitrogens with two attached hydrogens (primary N) is 1. The minimum Gasteiger partial charge on any atom is -0.397 e. The third-order valence-corrected chi connectivity index (χ3v) is 4.39. The predicted molar refractivity (Wildman–Crippen MR) is 80.0 cm³/mol. The molecule has 0 aliphatic carbocycles. The molecule has 0 radical (unpaired) electrons. The highest BCUT2D eigenvalue weighted by Crippen LogP contribution is 2.27. The van der Waals surface area contributed by atoms with Crippen molar-refractivity contribution in [1.82, 2.24) is 9.88 Å². The molecule has 1 saturated heterocycles. The average molecular weight is 327 g/mol.